The predicted octanol–water partition coefficient (Wildman–Crippen LogP) is 2.55. The summed E-state index contributed by atoms with van der Waals surface area (Å²) in [4.78, 5) is 6.81. The number of hydrogen-bond acceptors (Lipinski definition) is 5. The molecule has 2 heterocycles. The molecule has 0 aliphatic carbocycles. The van der Waals surface area contributed by atoms with E-state index in [4.69, 9.17) is 4.52 Å². The van der Waals surface area contributed by atoms with Crippen LogP contribution in [0.25, 0.3) is 0 Å². The van der Waals surface area contributed by atoms with Crippen molar-refractivity contribution in [3.05, 3.63) is 5.89 Å². The van der Waals surface area contributed by atoms with Crippen molar-refractivity contribution in [1.82, 2.24) is 15.5 Å². The second kappa shape index (κ2) is 6.89. The second-order valence-electron chi connectivity index (χ2n) is 5.38. The van der Waals surface area contributed by atoms with Gasteiger partial charge in [-0.15, -0.1) is 0 Å². The number of hydrogen-bond donors (Lipinski definition) is 1. The average Bonchev–Trinajstić information content (AvgIpc) is 3.07. The quantitative estimate of drug-likeness (QED) is 0.822. The van der Waals surface area contributed by atoms with E-state index in [1.807, 2.05) is 0 Å². The van der Waals surface area contributed by atoms with Crippen LogP contribution in [-0.2, 0) is 0 Å². The monoisotopic (exact) mass is 266 g/mol. The molecule has 0 radical (unpaired) electrons. The van der Waals surface area contributed by atoms with Gasteiger partial charge in [-0.2, -0.15) is 4.98 Å². The largest absolute Gasteiger partial charge is 0.338 e. The minimum atomic E-state index is 0.301. The molecule has 1 N–H and O–H groups in total. The first-order valence-corrected chi connectivity index (χ1v) is 7.58. The fourth-order valence-corrected chi connectivity index (χ4v) is 2.68. The van der Waals surface area contributed by atoms with Gasteiger partial charge in [0, 0.05) is 19.1 Å². The molecule has 1 aliphatic rings. The third kappa shape index (κ3) is 3.47. The lowest BCUT2D eigenvalue weighted by Crippen LogP contribution is -2.32. The summed E-state index contributed by atoms with van der Waals surface area (Å²) in [7, 11) is 0. The Hall–Kier alpha value is -1.10. The van der Waals surface area contributed by atoms with Gasteiger partial charge in [-0.05, 0) is 44.3 Å². The Morgan fingerprint density at radius 2 is 2.05 bits per heavy atom. The summed E-state index contributed by atoms with van der Waals surface area (Å²) in [5.41, 5.74) is 0. The van der Waals surface area contributed by atoms with Crippen LogP contribution < -0.4 is 10.2 Å². The highest BCUT2D eigenvalue weighted by molar-refractivity contribution is 5.29. The predicted molar refractivity (Wildman–Crippen MR) is 76.5 cm³/mol. The minimum Gasteiger partial charge on any atom is -0.338 e. The van der Waals surface area contributed by atoms with Crippen LogP contribution in [0.2, 0.25) is 0 Å². The van der Waals surface area contributed by atoms with Gasteiger partial charge in [-0.25, -0.2) is 0 Å². The zero-order chi connectivity index (χ0) is 13.7. The normalized spacial score (nSPS) is 18.8. The van der Waals surface area contributed by atoms with Crippen molar-refractivity contribution in [1.29, 1.82) is 0 Å². The van der Waals surface area contributed by atoms with Gasteiger partial charge in [-0.3, -0.25) is 0 Å². The summed E-state index contributed by atoms with van der Waals surface area (Å²) < 4.78 is 5.49. The number of nitrogens with one attached hydrogen (secondary N) is 1. The lowest BCUT2D eigenvalue weighted by atomic mass is 9.98. The van der Waals surface area contributed by atoms with E-state index in [1.54, 1.807) is 0 Å². The standard InChI is InChI=1S/C14H26N4O/c1-4-8-15-11(3)12(5-2)13-16-14(17-19-13)18-9-6-7-10-18/h11-12,15H,4-10H2,1-3H3. The smallest absolute Gasteiger partial charge is 0.266 e. The maximum Gasteiger partial charge on any atom is 0.266 e. The van der Waals surface area contributed by atoms with Crippen LogP contribution in [0, 0.1) is 0 Å². The molecular formula is C14H26N4O. The molecule has 0 bridgehead atoms. The van der Waals surface area contributed by atoms with Crippen LogP contribution in [0.3, 0.4) is 0 Å². The van der Waals surface area contributed by atoms with E-state index in [1.165, 1.54) is 12.8 Å². The SMILES string of the molecule is CCCNC(C)C(CC)c1nc(N2CCCC2)no1. The van der Waals surface area contributed by atoms with Crippen LogP contribution >= 0.6 is 0 Å². The Morgan fingerprint density at radius 3 is 2.68 bits per heavy atom. The summed E-state index contributed by atoms with van der Waals surface area (Å²) >= 11 is 0. The molecule has 5 heteroatoms. The van der Waals surface area contributed by atoms with Crippen LogP contribution in [0.5, 0.6) is 0 Å². The molecule has 19 heavy (non-hydrogen) atoms. The topological polar surface area (TPSA) is 54.2 Å². The van der Waals surface area contributed by atoms with Gasteiger partial charge in [0.1, 0.15) is 0 Å². The number of rotatable bonds is 7. The molecule has 0 saturated carbocycles. The highest BCUT2D eigenvalue weighted by Gasteiger charge is 2.25. The maximum atomic E-state index is 5.49. The van der Waals surface area contributed by atoms with Crippen molar-refractivity contribution in [2.45, 2.75) is 58.4 Å². The van der Waals surface area contributed by atoms with Gasteiger partial charge in [0.05, 0.1) is 5.92 Å². The Balaban J connectivity index is 2.01. The van der Waals surface area contributed by atoms with Crippen molar-refractivity contribution in [3.8, 4) is 0 Å². The van der Waals surface area contributed by atoms with Crippen LogP contribution in [0.1, 0.15) is 58.3 Å². The zero-order valence-corrected chi connectivity index (χ0v) is 12.4. The van der Waals surface area contributed by atoms with Gasteiger partial charge in [-0.1, -0.05) is 13.8 Å². The van der Waals surface area contributed by atoms with Crippen LogP contribution in [0.4, 0.5) is 5.95 Å². The number of aromatic nitrogens is 2. The molecule has 1 aromatic heterocycles. The molecular weight excluding hydrogens is 240 g/mol. The molecule has 1 saturated heterocycles. The molecule has 0 spiro atoms. The van der Waals surface area contributed by atoms with E-state index in [-0.39, 0.29) is 0 Å². The molecule has 1 aromatic rings. The molecule has 2 rings (SSSR count). The van der Waals surface area contributed by atoms with Gasteiger partial charge in [0.15, 0.2) is 0 Å². The van der Waals surface area contributed by atoms with E-state index in [2.05, 4.69) is 41.1 Å². The summed E-state index contributed by atoms with van der Waals surface area (Å²) in [5, 5.41) is 7.66. The molecule has 2 unspecified atom stereocenters. The Bertz CT molecular complexity index is 373. The third-order valence-electron chi connectivity index (χ3n) is 3.90. The fraction of sp³-hybridized carbons (Fsp3) is 0.857. The summed E-state index contributed by atoms with van der Waals surface area (Å²) in [6.45, 7) is 9.69. The summed E-state index contributed by atoms with van der Waals surface area (Å²) in [5.74, 6) is 1.85. The van der Waals surface area contributed by atoms with E-state index in [9.17, 15) is 0 Å². The number of anilines is 1. The first-order valence-electron chi connectivity index (χ1n) is 7.58. The van der Waals surface area contributed by atoms with Gasteiger partial charge in [0.25, 0.3) is 5.95 Å². The van der Waals surface area contributed by atoms with Gasteiger partial charge < -0.3 is 14.7 Å². The van der Waals surface area contributed by atoms with E-state index < -0.39 is 0 Å². The lowest BCUT2D eigenvalue weighted by molar-refractivity contribution is 0.316. The highest BCUT2D eigenvalue weighted by atomic mass is 16.5. The fourth-order valence-electron chi connectivity index (χ4n) is 2.68. The van der Waals surface area contributed by atoms with Crippen molar-refractivity contribution in [2.75, 3.05) is 24.5 Å². The van der Waals surface area contributed by atoms with E-state index in [0.29, 0.717) is 12.0 Å². The third-order valence-corrected chi connectivity index (χ3v) is 3.90. The molecule has 1 aliphatic heterocycles. The first kappa shape index (κ1) is 14.3. The van der Waals surface area contributed by atoms with E-state index >= 15 is 0 Å². The summed E-state index contributed by atoms with van der Waals surface area (Å²) in [6.07, 6.45) is 4.62. The Morgan fingerprint density at radius 1 is 1.32 bits per heavy atom. The van der Waals surface area contributed by atoms with Crippen molar-refractivity contribution in [3.63, 3.8) is 0 Å². The first-order chi connectivity index (χ1) is 9.26. The molecule has 1 fully saturated rings. The molecule has 108 valence electrons. The van der Waals surface area contributed by atoms with Crippen molar-refractivity contribution in [2.24, 2.45) is 0 Å². The van der Waals surface area contributed by atoms with Gasteiger partial charge >= 0.3 is 0 Å². The molecule has 0 amide bonds. The van der Waals surface area contributed by atoms with Crippen LogP contribution in [-0.4, -0.2) is 35.8 Å². The summed E-state index contributed by atoms with van der Waals surface area (Å²) in [6, 6.07) is 0.372. The second-order valence-corrected chi connectivity index (χ2v) is 5.38. The zero-order valence-electron chi connectivity index (χ0n) is 12.4. The highest BCUT2D eigenvalue weighted by Crippen LogP contribution is 2.25. The lowest BCUT2D eigenvalue weighted by Gasteiger charge is -2.20. The molecule has 2 atom stereocenters. The van der Waals surface area contributed by atoms with E-state index in [0.717, 1.165) is 44.3 Å². The number of nitrogens with zero attached hydrogens (tertiary/aromatic N) is 3. The Kier molecular flexibility index (Phi) is 5.19. The Labute approximate surface area is 115 Å². The molecule has 0 aromatic carbocycles. The van der Waals surface area contributed by atoms with Crippen molar-refractivity contribution < 1.29 is 4.52 Å². The maximum absolute atomic E-state index is 5.49. The van der Waals surface area contributed by atoms with Crippen molar-refractivity contribution >= 4 is 5.95 Å². The van der Waals surface area contributed by atoms with Crippen LogP contribution in [0.15, 0.2) is 4.52 Å². The average molecular weight is 266 g/mol. The van der Waals surface area contributed by atoms with Gasteiger partial charge in [0.2, 0.25) is 5.89 Å². The minimum absolute atomic E-state index is 0.301. The molecule has 5 nitrogen and oxygen atoms in total.